The van der Waals surface area contributed by atoms with Crippen LogP contribution in [0.25, 0.3) is 0 Å². The van der Waals surface area contributed by atoms with Crippen LogP contribution in [0.3, 0.4) is 0 Å². The quantitative estimate of drug-likeness (QED) is 0.837. The Labute approximate surface area is 108 Å². The van der Waals surface area contributed by atoms with Crippen LogP contribution in [-0.2, 0) is 6.54 Å². The summed E-state index contributed by atoms with van der Waals surface area (Å²) < 4.78 is 13.2. The summed E-state index contributed by atoms with van der Waals surface area (Å²) in [6, 6.07) is 4.21. The molecule has 0 aliphatic heterocycles. The van der Waals surface area contributed by atoms with Crippen LogP contribution in [0.2, 0.25) is 0 Å². The molecule has 0 aliphatic rings. The molecule has 0 atom stereocenters. The highest BCUT2D eigenvalue weighted by molar-refractivity contribution is 7.08. The highest BCUT2D eigenvalue weighted by Gasteiger charge is 2.12. The third-order valence-electron chi connectivity index (χ3n) is 2.70. The van der Waals surface area contributed by atoms with Gasteiger partial charge in [0.1, 0.15) is 5.82 Å². The number of nitrogen functional groups attached to an aromatic ring is 1. The summed E-state index contributed by atoms with van der Waals surface area (Å²) in [6.07, 6.45) is 0. The second-order valence-electron chi connectivity index (χ2n) is 3.96. The molecular weight excluding hydrogens is 251 g/mol. The van der Waals surface area contributed by atoms with Crippen LogP contribution in [-0.4, -0.2) is 5.91 Å². The Balaban J connectivity index is 2.09. The number of thiophene rings is 1. The van der Waals surface area contributed by atoms with Crippen LogP contribution in [0, 0.1) is 12.7 Å². The summed E-state index contributed by atoms with van der Waals surface area (Å²) in [6.45, 7) is 2.40. The fraction of sp³-hybridized carbons (Fsp3) is 0.154. The van der Waals surface area contributed by atoms with E-state index in [1.165, 1.54) is 18.2 Å². The van der Waals surface area contributed by atoms with Gasteiger partial charge in [-0.3, -0.25) is 4.79 Å². The topological polar surface area (TPSA) is 55.1 Å². The van der Waals surface area contributed by atoms with Crippen molar-refractivity contribution in [2.45, 2.75) is 13.5 Å². The fourth-order valence-corrected chi connectivity index (χ4v) is 2.43. The van der Waals surface area contributed by atoms with Crippen LogP contribution >= 0.6 is 11.3 Å². The number of carbonyl (C=O) groups is 1. The summed E-state index contributed by atoms with van der Waals surface area (Å²) in [7, 11) is 0. The second-order valence-corrected chi connectivity index (χ2v) is 4.71. The van der Waals surface area contributed by atoms with Gasteiger partial charge in [0.05, 0.1) is 11.3 Å². The van der Waals surface area contributed by atoms with E-state index in [0.717, 1.165) is 11.1 Å². The van der Waals surface area contributed by atoms with Crippen molar-refractivity contribution in [3.05, 3.63) is 51.5 Å². The Kier molecular flexibility index (Phi) is 3.62. The van der Waals surface area contributed by atoms with Crippen LogP contribution in [0.4, 0.5) is 10.1 Å². The number of carbonyl (C=O) groups excluding carboxylic acids is 1. The lowest BCUT2D eigenvalue weighted by atomic mass is 10.1. The lowest BCUT2D eigenvalue weighted by Crippen LogP contribution is -2.24. The zero-order valence-corrected chi connectivity index (χ0v) is 10.7. The standard InChI is InChI=1S/C13H13FN2OS/c1-8-6-18-7-9(8)5-16-13(17)10-3-2-4-11(14)12(10)15/h2-4,6-7H,5,15H2,1H3,(H,16,17). The van der Waals surface area contributed by atoms with Gasteiger partial charge in [0, 0.05) is 6.54 Å². The van der Waals surface area contributed by atoms with Gasteiger partial charge in [-0.1, -0.05) is 6.07 Å². The molecule has 94 valence electrons. The van der Waals surface area contributed by atoms with Crippen molar-refractivity contribution in [3.8, 4) is 0 Å². The van der Waals surface area contributed by atoms with Crippen molar-refractivity contribution >= 4 is 22.9 Å². The molecule has 2 rings (SSSR count). The predicted molar refractivity (Wildman–Crippen MR) is 71.0 cm³/mol. The second kappa shape index (κ2) is 5.18. The zero-order chi connectivity index (χ0) is 13.1. The summed E-state index contributed by atoms with van der Waals surface area (Å²) in [4.78, 5) is 11.9. The summed E-state index contributed by atoms with van der Waals surface area (Å²) in [5.41, 5.74) is 7.77. The smallest absolute Gasteiger partial charge is 0.253 e. The molecule has 0 fully saturated rings. The van der Waals surface area contributed by atoms with Crippen molar-refractivity contribution in [2.75, 3.05) is 5.73 Å². The molecular formula is C13H13FN2OS. The first-order chi connectivity index (χ1) is 8.59. The minimum Gasteiger partial charge on any atom is -0.396 e. The Morgan fingerprint density at radius 3 is 2.89 bits per heavy atom. The summed E-state index contributed by atoms with van der Waals surface area (Å²) >= 11 is 1.58. The first-order valence-corrected chi connectivity index (χ1v) is 6.37. The molecule has 1 aromatic carbocycles. The van der Waals surface area contributed by atoms with Gasteiger partial charge < -0.3 is 11.1 Å². The van der Waals surface area contributed by atoms with Crippen LogP contribution in [0.5, 0.6) is 0 Å². The van der Waals surface area contributed by atoms with Crippen LogP contribution in [0.1, 0.15) is 21.5 Å². The first kappa shape index (κ1) is 12.6. The Morgan fingerprint density at radius 1 is 1.44 bits per heavy atom. The van der Waals surface area contributed by atoms with E-state index >= 15 is 0 Å². The van der Waals surface area contributed by atoms with E-state index in [0.29, 0.717) is 6.54 Å². The average Bonchev–Trinajstić information content (AvgIpc) is 2.75. The number of hydrogen-bond acceptors (Lipinski definition) is 3. The predicted octanol–water partition coefficient (Wildman–Crippen LogP) is 2.71. The molecule has 3 nitrogen and oxygen atoms in total. The highest BCUT2D eigenvalue weighted by Crippen LogP contribution is 2.17. The number of para-hydroxylation sites is 1. The zero-order valence-electron chi connectivity index (χ0n) is 9.87. The number of amides is 1. The van der Waals surface area contributed by atoms with Gasteiger partial charge in [0.25, 0.3) is 5.91 Å². The number of nitrogens with one attached hydrogen (secondary N) is 1. The molecule has 1 heterocycles. The Morgan fingerprint density at radius 2 is 2.22 bits per heavy atom. The maximum absolute atomic E-state index is 13.2. The molecule has 3 N–H and O–H groups in total. The lowest BCUT2D eigenvalue weighted by Gasteiger charge is -2.07. The minimum absolute atomic E-state index is 0.114. The van der Waals surface area contributed by atoms with Crippen molar-refractivity contribution in [3.63, 3.8) is 0 Å². The molecule has 0 saturated heterocycles. The number of nitrogens with two attached hydrogens (primary N) is 1. The molecule has 0 saturated carbocycles. The highest BCUT2D eigenvalue weighted by atomic mass is 32.1. The molecule has 0 spiro atoms. The lowest BCUT2D eigenvalue weighted by molar-refractivity contribution is 0.0951. The van der Waals surface area contributed by atoms with E-state index < -0.39 is 5.82 Å². The van der Waals surface area contributed by atoms with Gasteiger partial charge in [-0.05, 0) is 40.9 Å². The van der Waals surface area contributed by atoms with Crippen molar-refractivity contribution in [1.29, 1.82) is 0 Å². The van der Waals surface area contributed by atoms with Gasteiger partial charge in [-0.2, -0.15) is 11.3 Å². The largest absolute Gasteiger partial charge is 0.396 e. The van der Waals surface area contributed by atoms with E-state index in [9.17, 15) is 9.18 Å². The number of aryl methyl sites for hydroxylation is 1. The van der Waals surface area contributed by atoms with Crippen molar-refractivity contribution in [1.82, 2.24) is 5.32 Å². The van der Waals surface area contributed by atoms with Gasteiger partial charge in [0.15, 0.2) is 0 Å². The van der Waals surface area contributed by atoms with Gasteiger partial charge in [0.2, 0.25) is 0 Å². The molecule has 2 aromatic rings. The molecule has 1 amide bonds. The number of benzene rings is 1. The number of anilines is 1. The number of halogens is 1. The van der Waals surface area contributed by atoms with Gasteiger partial charge in [-0.15, -0.1) is 0 Å². The van der Waals surface area contributed by atoms with Crippen LogP contribution < -0.4 is 11.1 Å². The normalized spacial score (nSPS) is 10.3. The van der Waals surface area contributed by atoms with E-state index in [-0.39, 0.29) is 17.2 Å². The molecule has 0 aliphatic carbocycles. The third-order valence-corrected chi connectivity index (χ3v) is 3.61. The van der Waals surface area contributed by atoms with Crippen molar-refractivity contribution in [2.24, 2.45) is 0 Å². The van der Waals surface area contributed by atoms with Crippen LogP contribution in [0.15, 0.2) is 29.0 Å². The third kappa shape index (κ3) is 2.51. The monoisotopic (exact) mass is 264 g/mol. The molecule has 5 heteroatoms. The first-order valence-electron chi connectivity index (χ1n) is 5.43. The maximum atomic E-state index is 13.2. The van der Waals surface area contributed by atoms with Gasteiger partial charge >= 0.3 is 0 Å². The van der Waals surface area contributed by atoms with E-state index in [2.05, 4.69) is 5.32 Å². The van der Waals surface area contributed by atoms with E-state index in [1.54, 1.807) is 11.3 Å². The Bertz CT molecular complexity index is 580. The molecule has 18 heavy (non-hydrogen) atoms. The Hall–Kier alpha value is -1.88. The fourth-order valence-electron chi connectivity index (χ4n) is 1.57. The maximum Gasteiger partial charge on any atom is 0.253 e. The SMILES string of the molecule is Cc1cscc1CNC(=O)c1cccc(F)c1N. The van der Waals surface area contributed by atoms with E-state index in [1.807, 2.05) is 17.7 Å². The average molecular weight is 264 g/mol. The van der Waals surface area contributed by atoms with Crippen molar-refractivity contribution < 1.29 is 9.18 Å². The molecule has 0 radical (unpaired) electrons. The molecule has 1 aromatic heterocycles. The summed E-state index contributed by atoms with van der Waals surface area (Å²) in [5, 5.41) is 6.72. The number of hydrogen-bond donors (Lipinski definition) is 2. The molecule has 0 bridgehead atoms. The molecule has 0 unspecified atom stereocenters. The number of rotatable bonds is 3. The van der Waals surface area contributed by atoms with Gasteiger partial charge in [-0.25, -0.2) is 4.39 Å². The summed E-state index contributed by atoms with van der Waals surface area (Å²) in [5.74, 6) is -0.938. The minimum atomic E-state index is -0.575. The van der Waals surface area contributed by atoms with E-state index in [4.69, 9.17) is 5.73 Å².